The number of anilines is 1. The quantitative estimate of drug-likeness (QED) is 0.249. The molecule has 1 amide bonds. The summed E-state index contributed by atoms with van der Waals surface area (Å²) in [6.07, 6.45) is -10.3. The van der Waals surface area contributed by atoms with Gasteiger partial charge in [0.05, 0.1) is 11.1 Å². The predicted molar refractivity (Wildman–Crippen MR) is 131 cm³/mol. The monoisotopic (exact) mass is 603 g/mol. The van der Waals surface area contributed by atoms with Gasteiger partial charge in [-0.25, -0.2) is 4.79 Å². The molecule has 1 aliphatic rings. The van der Waals surface area contributed by atoms with Crippen molar-refractivity contribution in [2.45, 2.75) is 45.3 Å². The normalized spacial score (nSPS) is 14.6. The number of hydrogen-bond donors (Lipinski definition) is 1. The number of alkyl halides is 6. The molecule has 1 fully saturated rings. The van der Waals surface area contributed by atoms with Crippen LogP contribution >= 0.6 is 0 Å². The number of hydrogen-bond acceptors (Lipinski definition) is 6. The number of nitrogens with zero attached hydrogens (tertiary/aromatic N) is 2. The van der Waals surface area contributed by atoms with Crippen LogP contribution in [0.4, 0.5) is 36.8 Å². The van der Waals surface area contributed by atoms with Crippen LogP contribution in [0.3, 0.4) is 0 Å². The molecule has 0 saturated carbocycles. The van der Waals surface area contributed by atoms with E-state index in [0.29, 0.717) is 56.1 Å². The Morgan fingerprint density at radius 2 is 1.40 bits per heavy atom. The maximum atomic E-state index is 13.3. The number of amides is 1. The first-order valence-electron chi connectivity index (χ1n) is 11.9. The molecular weight excluding hydrogens is 571 g/mol. The zero-order valence-corrected chi connectivity index (χ0v) is 26.2. The van der Waals surface area contributed by atoms with Crippen LogP contribution in [-0.4, -0.2) is 61.6 Å². The Labute approximate surface area is 272 Å². The van der Waals surface area contributed by atoms with Crippen LogP contribution in [0.5, 0.6) is 0 Å². The van der Waals surface area contributed by atoms with E-state index in [4.69, 9.17) is 15.6 Å². The fourth-order valence-corrected chi connectivity index (χ4v) is 3.70. The van der Waals surface area contributed by atoms with Crippen molar-refractivity contribution >= 4 is 11.8 Å². The first-order chi connectivity index (χ1) is 17.9. The number of carbonyl (C=O) groups excluding carboxylic acids is 1. The van der Waals surface area contributed by atoms with Crippen molar-refractivity contribution in [2.75, 3.05) is 45.8 Å². The van der Waals surface area contributed by atoms with Crippen molar-refractivity contribution in [3.05, 3.63) is 53.1 Å². The number of carbonyl (C=O) groups is 1. The molecule has 2 aromatic rings. The summed E-state index contributed by atoms with van der Waals surface area (Å²) >= 11 is 0. The van der Waals surface area contributed by atoms with Gasteiger partial charge in [-0.1, -0.05) is 6.07 Å². The molecule has 1 aliphatic heterocycles. The van der Waals surface area contributed by atoms with E-state index >= 15 is 0 Å². The number of benzene rings is 2. The SMILES string of the molecule is CC(C)(C)OC(=O)N1CCN(Cc2cc(-c3cc(C(F)(F)F)cc(C(F)(F)F)c3)ccc2N)CC1.COC[O-].[K+]. The molecule has 1 saturated heterocycles. The van der Waals surface area contributed by atoms with Crippen molar-refractivity contribution in [1.82, 2.24) is 9.80 Å². The summed E-state index contributed by atoms with van der Waals surface area (Å²) in [4.78, 5) is 15.8. The maximum Gasteiger partial charge on any atom is 1.00 e. The number of nitrogens with two attached hydrogens (primary N) is 1. The standard InChI is InChI=1S/C24H27F6N3O2.C2H5O2.K/c1-22(2,3)35-21(34)33-8-6-32(7-9-33)14-17-10-15(4-5-20(17)31)16-11-18(23(25,26)27)13-19(12-16)24(28,29)30;1-4-2-3;/h4-5,10-13H,6-9,14,31H2,1-3H3;2H2,1H3;/q;-1;+1. The third-order valence-electron chi connectivity index (χ3n) is 5.60. The first-order valence-corrected chi connectivity index (χ1v) is 11.9. The average Bonchev–Trinajstić information content (AvgIpc) is 2.83. The summed E-state index contributed by atoms with van der Waals surface area (Å²) in [5, 5.41) is 9.08. The third kappa shape index (κ3) is 11.5. The minimum atomic E-state index is -4.93. The Hall–Kier alpha value is -1.39. The van der Waals surface area contributed by atoms with Gasteiger partial charge in [-0.2, -0.15) is 26.3 Å². The third-order valence-corrected chi connectivity index (χ3v) is 5.60. The number of ether oxygens (including phenoxy) is 2. The summed E-state index contributed by atoms with van der Waals surface area (Å²) in [7, 11) is 1.37. The molecule has 0 bridgehead atoms. The first kappa shape index (κ1) is 36.6. The predicted octanol–water partition coefficient (Wildman–Crippen LogP) is 1.98. The van der Waals surface area contributed by atoms with Gasteiger partial charge < -0.3 is 25.2 Å². The van der Waals surface area contributed by atoms with Gasteiger partial charge in [0, 0.05) is 45.5 Å². The van der Waals surface area contributed by atoms with E-state index in [2.05, 4.69) is 4.74 Å². The van der Waals surface area contributed by atoms with E-state index in [1.165, 1.54) is 25.3 Å². The molecule has 0 spiro atoms. The van der Waals surface area contributed by atoms with Crippen molar-refractivity contribution in [3.63, 3.8) is 0 Å². The Bertz CT molecular complexity index is 1080. The van der Waals surface area contributed by atoms with E-state index in [0.717, 1.165) is 0 Å². The number of rotatable bonds is 4. The molecule has 0 aromatic heterocycles. The zero-order valence-electron chi connectivity index (χ0n) is 23.1. The van der Waals surface area contributed by atoms with Crippen molar-refractivity contribution in [1.29, 1.82) is 0 Å². The molecule has 2 N–H and O–H groups in total. The van der Waals surface area contributed by atoms with Crippen molar-refractivity contribution < 1.29 is 97.1 Å². The van der Waals surface area contributed by atoms with Crippen LogP contribution in [0.1, 0.15) is 37.5 Å². The van der Waals surface area contributed by atoms with Gasteiger partial charge in [-0.05, 0) is 74.6 Å². The minimum Gasteiger partial charge on any atom is -0.834 e. The van der Waals surface area contributed by atoms with Crippen LogP contribution in [0, 0.1) is 0 Å². The average molecular weight is 604 g/mol. The second-order valence-electron chi connectivity index (χ2n) is 9.86. The van der Waals surface area contributed by atoms with Gasteiger partial charge in [0.25, 0.3) is 0 Å². The van der Waals surface area contributed by atoms with E-state index in [-0.39, 0.29) is 68.6 Å². The van der Waals surface area contributed by atoms with Gasteiger partial charge in [-0.15, -0.1) is 0 Å². The Morgan fingerprint density at radius 1 is 0.900 bits per heavy atom. The van der Waals surface area contributed by atoms with Crippen LogP contribution in [0.15, 0.2) is 36.4 Å². The van der Waals surface area contributed by atoms with Crippen molar-refractivity contribution in [3.8, 4) is 11.1 Å². The molecule has 0 aliphatic carbocycles. The zero-order chi connectivity index (χ0) is 29.6. The van der Waals surface area contributed by atoms with E-state index < -0.39 is 42.0 Å². The Morgan fingerprint density at radius 3 is 1.82 bits per heavy atom. The second kappa shape index (κ2) is 15.2. The van der Waals surface area contributed by atoms with Crippen LogP contribution in [0.2, 0.25) is 0 Å². The fourth-order valence-electron chi connectivity index (χ4n) is 3.70. The van der Waals surface area contributed by atoms with Gasteiger partial charge >= 0.3 is 69.8 Å². The molecule has 40 heavy (non-hydrogen) atoms. The fraction of sp³-hybridized carbons (Fsp3) is 0.500. The largest absolute Gasteiger partial charge is 1.00 e. The molecular formula is C26H32F6KN3O4. The van der Waals surface area contributed by atoms with Crippen LogP contribution in [-0.2, 0) is 28.4 Å². The van der Waals surface area contributed by atoms with Gasteiger partial charge in [0.15, 0.2) is 0 Å². The summed E-state index contributed by atoms with van der Waals surface area (Å²) in [6, 6.07) is 5.87. The minimum absolute atomic E-state index is 0. The number of methoxy groups -OCH3 is 1. The summed E-state index contributed by atoms with van der Waals surface area (Å²) in [5.74, 6) is 0. The van der Waals surface area contributed by atoms with Crippen LogP contribution in [0.25, 0.3) is 11.1 Å². The van der Waals surface area contributed by atoms with Crippen molar-refractivity contribution in [2.24, 2.45) is 0 Å². The Balaban J connectivity index is 0.00000150. The molecule has 0 atom stereocenters. The van der Waals surface area contributed by atoms with Crippen LogP contribution < -0.4 is 62.2 Å². The van der Waals surface area contributed by atoms with E-state index in [9.17, 15) is 31.1 Å². The molecule has 3 rings (SSSR count). The summed E-state index contributed by atoms with van der Waals surface area (Å²) in [5.41, 5.74) is 3.62. The maximum absolute atomic E-state index is 13.3. The molecule has 1 heterocycles. The Kier molecular flexibility index (Phi) is 13.9. The molecule has 0 unspecified atom stereocenters. The van der Waals surface area contributed by atoms with E-state index in [1.54, 1.807) is 25.7 Å². The number of piperazine rings is 1. The van der Waals surface area contributed by atoms with Gasteiger partial charge in [0.2, 0.25) is 0 Å². The molecule has 218 valence electrons. The summed E-state index contributed by atoms with van der Waals surface area (Å²) in [6.45, 7) is 7.06. The molecule has 7 nitrogen and oxygen atoms in total. The number of nitrogen functional groups attached to an aromatic ring is 1. The van der Waals surface area contributed by atoms with E-state index in [1.807, 2.05) is 4.90 Å². The molecule has 0 radical (unpaired) electrons. The smallest absolute Gasteiger partial charge is 0.834 e. The number of halogens is 6. The van der Waals surface area contributed by atoms with Gasteiger partial charge in [0.1, 0.15) is 5.60 Å². The second-order valence-corrected chi connectivity index (χ2v) is 9.86. The molecule has 14 heteroatoms. The molecule has 2 aromatic carbocycles. The van der Waals surface area contributed by atoms with Gasteiger partial charge in [-0.3, -0.25) is 4.90 Å². The topological polar surface area (TPSA) is 91.1 Å². The summed E-state index contributed by atoms with van der Waals surface area (Å²) < 4.78 is 88.9.